The molecule has 2 N–H and O–H groups in total. The Morgan fingerprint density at radius 1 is 0.974 bits per heavy atom. The van der Waals surface area contributed by atoms with Crippen LogP contribution in [-0.4, -0.2) is 41.4 Å². The standard InChI is InChI=1S/C31H30N4O3/c1-20-16-22(11-14-32-20)28(21-8-4-3-5-9-21)29(35-19-24-10-6-7-13-33-24)30(36)23-17-26(31(37)38-2)25-12-15-34-27(25)18-23/h3-11,13-14,16-18,28-29,34-35H,12,15,19H2,1-2H3. The van der Waals surface area contributed by atoms with Gasteiger partial charge in [0, 0.05) is 48.3 Å². The predicted octanol–water partition coefficient (Wildman–Crippen LogP) is 4.71. The average molecular weight is 507 g/mol. The molecule has 2 unspecified atom stereocenters. The first-order chi connectivity index (χ1) is 18.5. The molecule has 0 bridgehead atoms. The Balaban J connectivity index is 1.62. The molecular formula is C31H30N4O3. The number of methoxy groups -OCH3 is 1. The van der Waals surface area contributed by atoms with Gasteiger partial charge in [-0.2, -0.15) is 0 Å². The first-order valence-electron chi connectivity index (χ1n) is 12.7. The van der Waals surface area contributed by atoms with E-state index in [9.17, 15) is 9.59 Å². The summed E-state index contributed by atoms with van der Waals surface area (Å²) in [5, 5.41) is 6.83. The van der Waals surface area contributed by atoms with Crippen molar-refractivity contribution in [1.82, 2.24) is 15.3 Å². The minimum absolute atomic E-state index is 0.120. The molecule has 38 heavy (non-hydrogen) atoms. The van der Waals surface area contributed by atoms with E-state index in [0.717, 1.165) is 33.8 Å². The third kappa shape index (κ3) is 5.33. The van der Waals surface area contributed by atoms with E-state index >= 15 is 0 Å². The van der Waals surface area contributed by atoms with Crippen molar-refractivity contribution in [2.24, 2.45) is 0 Å². The Kier molecular flexibility index (Phi) is 7.56. The number of esters is 1. The number of ether oxygens (including phenoxy) is 1. The Morgan fingerprint density at radius 2 is 1.79 bits per heavy atom. The number of ketones is 1. The van der Waals surface area contributed by atoms with Gasteiger partial charge in [0.15, 0.2) is 5.78 Å². The third-order valence-electron chi connectivity index (χ3n) is 6.91. The zero-order chi connectivity index (χ0) is 26.5. The number of hydrogen-bond donors (Lipinski definition) is 2. The number of fused-ring (bicyclic) bond motifs is 1. The molecule has 0 radical (unpaired) electrons. The van der Waals surface area contributed by atoms with Crippen LogP contribution in [0.3, 0.4) is 0 Å². The maximum absolute atomic E-state index is 14.4. The van der Waals surface area contributed by atoms with Crippen molar-refractivity contribution in [3.05, 3.63) is 124 Å². The van der Waals surface area contributed by atoms with Gasteiger partial charge in [-0.25, -0.2) is 4.79 Å². The lowest BCUT2D eigenvalue weighted by Crippen LogP contribution is -2.42. The van der Waals surface area contributed by atoms with Gasteiger partial charge in [0.1, 0.15) is 0 Å². The van der Waals surface area contributed by atoms with E-state index in [-0.39, 0.29) is 11.7 Å². The third-order valence-corrected chi connectivity index (χ3v) is 6.91. The largest absolute Gasteiger partial charge is 0.465 e. The molecule has 0 aliphatic carbocycles. The summed E-state index contributed by atoms with van der Waals surface area (Å²) in [6.45, 7) is 3.05. The van der Waals surface area contributed by atoms with Crippen molar-refractivity contribution < 1.29 is 14.3 Å². The molecule has 0 spiro atoms. The molecule has 1 aliphatic heterocycles. The van der Waals surface area contributed by atoms with Crippen LogP contribution in [-0.2, 0) is 17.7 Å². The molecule has 0 fully saturated rings. The minimum Gasteiger partial charge on any atom is -0.465 e. The van der Waals surface area contributed by atoms with Crippen LogP contribution in [0.5, 0.6) is 0 Å². The Hall–Kier alpha value is -4.36. The molecule has 7 heteroatoms. The van der Waals surface area contributed by atoms with Gasteiger partial charge < -0.3 is 15.4 Å². The monoisotopic (exact) mass is 506 g/mol. The lowest BCUT2D eigenvalue weighted by molar-refractivity contribution is 0.0599. The van der Waals surface area contributed by atoms with Crippen molar-refractivity contribution in [1.29, 1.82) is 0 Å². The van der Waals surface area contributed by atoms with Crippen LogP contribution >= 0.6 is 0 Å². The van der Waals surface area contributed by atoms with E-state index in [4.69, 9.17) is 4.74 Å². The normalized spacial score (nSPS) is 13.7. The summed E-state index contributed by atoms with van der Waals surface area (Å²) in [5.41, 5.74) is 6.23. The lowest BCUT2D eigenvalue weighted by atomic mass is 9.81. The number of rotatable bonds is 9. The summed E-state index contributed by atoms with van der Waals surface area (Å²) in [7, 11) is 1.36. The zero-order valence-corrected chi connectivity index (χ0v) is 21.5. The van der Waals surface area contributed by atoms with Gasteiger partial charge in [0.25, 0.3) is 0 Å². The van der Waals surface area contributed by atoms with Crippen molar-refractivity contribution in [2.75, 3.05) is 19.0 Å². The van der Waals surface area contributed by atoms with Gasteiger partial charge in [0.2, 0.25) is 0 Å². The van der Waals surface area contributed by atoms with E-state index in [0.29, 0.717) is 30.6 Å². The predicted molar refractivity (Wildman–Crippen MR) is 146 cm³/mol. The zero-order valence-electron chi connectivity index (χ0n) is 21.5. The second kappa shape index (κ2) is 11.4. The number of benzene rings is 2. The smallest absolute Gasteiger partial charge is 0.338 e. The van der Waals surface area contributed by atoms with Crippen molar-refractivity contribution >= 4 is 17.4 Å². The summed E-state index contributed by atoms with van der Waals surface area (Å²) in [6.07, 6.45) is 4.22. The highest BCUT2D eigenvalue weighted by Gasteiger charge is 2.33. The first kappa shape index (κ1) is 25.3. The quantitative estimate of drug-likeness (QED) is 0.251. The molecular weight excluding hydrogens is 476 g/mol. The summed E-state index contributed by atoms with van der Waals surface area (Å²) in [5.74, 6) is -0.871. The molecule has 1 aliphatic rings. The number of aryl methyl sites for hydroxylation is 1. The Labute approximate surface area is 222 Å². The Bertz CT molecular complexity index is 1440. The fourth-order valence-corrected chi connectivity index (χ4v) is 5.11. The fraction of sp³-hybridized carbons (Fsp3) is 0.226. The molecule has 5 rings (SSSR count). The highest BCUT2D eigenvalue weighted by atomic mass is 16.5. The first-order valence-corrected chi connectivity index (χ1v) is 12.7. The molecule has 0 amide bonds. The number of nitrogens with one attached hydrogen (secondary N) is 2. The van der Waals surface area contributed by atoms with Crippen LogP contribution in [0.2, 0.25) is 0 Å². The summed E-state index contributed by atoms with van der Waals surface area (Å²) >= 11 is 0. The van der Waals surface area contributed by atoms with Crippen molar-refractivity contribution in [2.45, 2.75) is 31.8 Å². The number of anilines is 1. The minimum atomic E-state index is -0.647. The van der Waals surface area contributed by atoms with Crippen LogP contribution < -0.4 is 10.6 Å². The fourth-order valence-electron chi connectivity index (χ4n) is 5.11. The van der Waals surface area contributed by atoms with E-state index in [2.05, 4.69) is 20.6 Å². The number of pyridine rings is 2. The number of aromatic nitrogens is 2. The van der Waals surface area contributed by atoms with E-state index in [1.807, 2.05) is 73.7 Å². The maximum atomic E-state index is 14.4. The highest BCUT2D eigenvalue weighted by molar-refractivity contribution is 6.05. The lowest BCUT2D eigenvalue weighted by Gasteiger charge is -2.29. The van der Waals surface area contributed by atoms with Gasteiger partial charge in [0.05, 0.1) is 24.4 Å². The molecule has 2 aromatic carbocycles. The van der Waals surface area contributed by atoms with Crippen molar-refractivity contribution in [3.8, 4) is 0 Å². The maximum Gasteiger partial charge on any atom is 0.338 e. The van der Waals surface area contributed by atoms with E-state index in [1.165, 1.54) is 7.11 Å². The van der Waals surface area contributed by atoms with Gasteiger partial charge in [-0.3, -0.25) is 14.8 Å². The summed E-state index contributed by atoms with van der Waals surface area (Å²) in [6, 6.07) is 22.6. The molecule has 2 atom stereocenters. The Morgan fingerprint density at radius 3 is 2.53 bits per heavy atom. The number of hydrogen-bond acceptors (Lipinski definition) is 7. The molecule has 4 aromatic rings. The van der Waals surface area contributed by atoms with Gasteiger partial charge in [-0.1, -0.05) is 36.4 Å². The molecule has 2 aromatic heterocycles. The second-order valence-electron chi connectivity index (χ2n) is 9.38. The topological polar surface area (TPSA) is 93.2 Å². The van der Waals surface area contributed by atoms with Crippen molar-refractivity contribution in [3.63, 3.8) is 0 Å². The van der Waals surface area contributed by atoms with Crippen LogP contribution in [0.1, 0.15) is 54.7 Å². The van der Waals surface area contributed by atoms with Crippen LogP contribution in [0.4, 0.5) is 5.69 Å². The average Bonchev–Trinajstić information content (AvgIpc) is 3.44. The SMILES string of the molecule is COC(=O)c1cc(C(=O)C(NCc2ccccn2)C(c2ccccc2)c2ccnc(C)c2)cc2c1CCN2. The summed E-state index contributed by atoms with van der Waals surface area (Å²) in [4.78, 5) is 35.9. The second-order valence-corrected chi connectivity index (χ2v) is 9.38. The number of carbonyl (C=O) groups is 2. The van der Waals surface area contributed by atoms with Gasteiger partial charge in [-0.05, 0) is 66.4 Å². The number of carbonyl (C=O) groups excluding carboxylic acids is 2. The van der Waals surface area contributed by atoms with Crippen LogP contribution in [0, 0.1) is 6.92 Å². The number of Topliss-reactive ketones (excluding diaryl/α,β-unsaturated/α-hetero) is 1. The van der Waals surface area contributed by atoms with E-state index < -0.39 is 12.0 Å². The molecule has 0 saturated carbocycles. The summed E-state index contributed by atoms with van der Waals surface area (Å²) < 4.78 is 5.05. The molecule has 3 heterocycles. The molecule has 7 nitrogen and oxygen atoms in total. The molecule has 192 valence electrons. The highest BCUT2D eigenvalue weighted by Crippen LogP contribution is 2.33. The van der Waals surface area contributed by atoms with Gasteiger partial charge >= 0.3 is 5.97 Å². The van der Waals surface area contributed by atoms with E-state index in [1.54, 1.807) is 18.5 Å². The molecule has 0 saturated heterocycles. The van der Waals surface area contributed by atoms with Crippen LogP contribution in [0.25, 0.3) is 0 Å². The van der Waals surface area contributed by atoms with Gasteiger partial charge in [-0.15, -0.1) is 0 Å². The number of nitrogens with zero attached hydrogens (tertiary/aromatic N) is 2. The van der Waals surface area contributed by atoms with Crippen LogP contribution in [0.15, 0.2) is 85.2 Å².